The zero-order valence-corrected chi connectivity index (χ0v) is 15.0. The van der Waals surface area contributed by atoms with E-state index < -0.39 is 0 Å². The van der Waals surface area contributed by atoms with E-state index in [0.29, 0.717) is 31.2 Å². The van der Waals surface area contributed by atoms with E-state index in [0.717, 1.165) is 31.6 Å². The predicted molar refractivity (Wildman–Crippen MR) is 95.2 cm³/mol. The molecule has 0 aromatic heterocycles. The summed E-state index contributed by atoms with van der Waals surface area (Å²) in [6.07, 6.45) is 2.47. The fourth-order valence-electron chi connectivity index (χ4n) is 3.03. The first-order chi connectivity index (χ1) is 11.5. The Morgan fingerprint density at radius 2 is 1.92 bits per heavy atom. The number of hydrogen-bond acceptors (Lipinski definition) is 3. The van der Waals surface area contributed by atoms with E-state index in [4.69, 9.17) is 4.74 Å². The lowest BCUT2D eigenvalue weighted by molar-refractivity contribution is -0.132. The Morgan fingerprint density at radius 1 is 1.25 bits per heavy atom. The number of anilines is 1. The summed E-state index contributed by atoms with van der Waals surface area (Å²) in [6.45, 7) is 8.23. The Bertz CT molecular complexity index is 565. The van der Waals surface area contributed by atoms with Crippen molar-refractivity contribution in [2.75, 3.05) is 31.1 Å². The molecular weight excluding hydrogens is 304 g/mol. The van der Waals surface area contributed by atoms with Crippen LogP contribution in [0.15, 0.2) is 24.3 Å². The highest BCUT2D eigenvalue weighted by Gasteiger charge is 2.22. The second-order valence-electron chi connectivity index (χ2n) is 6.38. The summed E-state index contributed by atoms with van der Waals surface area (Å²) in [5, 5.41) is 0. The van der Waals surface area contributed by atoms with Crippen LogP contribution in [0.25, 0.3) is 0 Å². The van der Waals surface area contributed by atoms with Gasteiger partial charge in [0.2, 0.25) is 11.8 Å². The molecule has 1 heterocycles. The molecule has 132 valence electrons. The summed E-state index contributed by atoms with van der Waals surface area (Å²) in [5.74, 6) is 1.42. The summed E-state index contributed by atoms with van der Waals surface area (Å²) in [4.78, 5) is 28.1. The molecule has 0 unspecified atom stereocenters. The first-order valence-electron chi connectivity index (χ1n) is 8.80. The monoisotopic (exact) mass is 332 g/mol. The predicted octanol–water partition coefficient (Wildman–Crippen LogP) is 3.09. The number of amides is 2. The number of para-hydroxylation sites is 2. The topological polar surface area (TPSA) is 49.9 Å². The summed E-state index contributed by atoms with van der Waals surface area (Å²) in [6, 6.07) is 7.47. The van der Waals surface area contributed by atoms with Gasteiger partial charge in [0.05, 0.1) is 12.3 Å². The van der Waals surface area contributed by atoms with Crippen LogP contribution < -0.4 is 9.64 Å². The molecule has 0 N–H and O–H groups in total. The highest BCUT2D eigenvalue weighted by molar-refractivity contribution is 5.93. The minimum Gasteiger partial charge on any atom is -0.492 e. The highest BCUT2D eigenvalue weighted by atomic mass is 16.5. The Balaban J connectivity index is 2.02. The van der Waals surface area contributed by atoms with Gasteiger partial charge >= 0.3 is 0 Å². The molecule has 0 saturated carbocycles. The molecule has 0 aliphatic carbocycles. The number of ether oxygens (including phenoxy) is 1. The number of hydrogen-bond donors (Lipinski definition) is 0. The summed E-state index contributed by atoms with van der Waals surface area (Å²) in [5.41, 5.74) is 0.729. The van der Waals surface area contributed by atoms with Gasteiger partial charge in [-0.3, -0.25) is 9.59 Å². The number of benzene rings is 1. The third-order valence-electron chi connectivity index (χ3n) is 4.52. The van der Waals surface area contributed by atoms with Crippen LogP contribution in [0.5, 0.6) is 5.75 Å². The number of piperidine rings is 1. The largest absolute Gasteiger partial charge is 0.492 e. The van der Waals surface area contributed by atoms with Gasteiger partial charge in [0.15, 0.2) is 0 Å². The van der Waals surface area contributed by atoms with Gasteiger partial charge in [-0.2, -0.15) is 0 Å². The molecule has 2 rings (SSSR count). The van der Waals surface area contributed by atoms with Gasteiger partial charge in [0.1, 0.15) is 5.75 Å². The lowest BCUT2D eigenvalue weighted by Crippen LogP contribution is -2.40. The fraction of sp³-hybridized carbons (Fsp3) is 0.579. The average Bonchev–Trinajstić information content (AvgIpc) is 2.57. The van der Waals surface area contributed by atoms with E-state index >= 15 is 0 Å². The molecule has 1 aromatic carbocycles. The Morgan fingerprint density at radius 3 is 2.54 bits per heavy atom. The molecule has 1 aromatic rings. The van der Waals surface area contributed by atoms with E-state index in [1.807, 2.05) is 36.1 Å². The maximum absolute atomic E-state index is 12.4. The first kappa shape index (κ1) is 18.3. The van der Waals surface area contributed by atoms with E-state index in [2.05, 4.69) is 6.92 Å². The van der Waals surface area contributed by atoms with Crippen LogP contribution >= 0.6 is 0 Å². The van der Waals surface area contributed by atoms with Crippen molar-refractivity contribution < 1.29 is 14.3 Å². The smallest absolute Gasteiger partial charge is 0.224 e. The van der Waals surface area contributed by atoms with Crippen molar-refractivity contribution >= 4 is 17.5 Å². The van der Waals surface area contributed by atoms with Crippen molar-refractivity contribution in [2.24, 2.45) is 5.92 Å². The number of carbonyl (C=O) groups is 2. The van der Waals surface area contributed by atoms with Crippen LogP contribution in [0.1, 0.15) is 40.0 Å². The maximum atomic E-state index is 12.4. The first-order valence-corrected chi connectivity index (χ1v) is 8.80. The van der Waals surface area contributed by atoms with Gasteiger partial charge in [-0.05, 0) is 37.8 Å². The van der Waals surface area contributed by atoms with Gasteiger partial charge in [-0.1, -0.05) is 19.1 Å². The van der Waals surface area contributed by atoms with Crippen molar-refractivity contribution in [1.82, 2.24) is 4.90 Å². The van der Waals surface area contributed by atoms with Crippen LogP contribution in [0, 0.1) is 5.92 Å². The van der Waals surface area contributed by atoms with E-state index in [1.54, 1.807) is 4.90 Å². The van der Waals surface area contributed by atoms with E-state index in [-0.39, 0.29) is 11.8 Å². The molecule has 0 atom stereocenters. The second-order valence-corrected chi connectivity index (χ2v) is 6.38. The van der Waals surface area contributed by atoms with Crippen molar-refractivity contribution in [1.29, 1.82) is 0 Å². The van der Waals surface area contributed by atoms with Gasteiger partial charge < -0.3 is 14.5 Å². The summed E-state index contributed by atoms with van der Waals surface area (Å²) < 4.78 is 5.61. The minimum absolute atomic E-state index is 0.0813. The number of nitrogens with zero attached hydrogens (tertiary/aromatic N) is 2. The van der Waals surface area contributed by atoms with Gasteiger partial charge in [0, 0.05) is 33.0 Å². The molecule has 1 saturated heterocycles. The molecule has 1 aliphatic rings. The van der Waals surface area contributed by atoms with Crippen molar-refractivity contribution in [3.8, 4) is 5.75 Å². The zero-order chi connectivity index (χ0) is 17.5. The van der Waals surface area contributed by atoms with Crippen molar-refractivity contribution in [2.45, 2.75) is 40.0 Å². The normalized spacial score (nSPS) is 15.2. The minimum atomic E-state index is -0.0813. The summed E-state index contributed by atoms with van der Waals surface area (Å²) >= 11 is 0. The highest BCUT2D eigenvalue weighted by Crippen LogP contribution is 2.28. The van der Waals surface area contributed by atoms with Crippen LogP contribution in [-0.4, -0.2) is 43.0 Å². The standard InChI is InChI=1S/C19H28N2O3/c1-4-24-18-8-6-5-7-17(18)21(16(3)22)14-11-19(23)20-12-9-15(2)10-13-20/h5-8,15H,4,9-14H2,1-3H3. The quantitative estimate of drug-likeness (QED) is 0.804. The molecule has 0 spiro atoms. The lowest BCUT2D eigenvalue weighted by atomic mass is 9.99. The van der Waals surface area contributed by atoms with Gasteiger partial charge in [-0.15, -0.1) is 0 Å². The number of carbonyl (C=O) groups excluding carboxylic acids is 2. The molecule has 0 radical (unpaired) electrons. The van der Waals surface area contributed by atoms with Crippen molar-refractivity contribution in [3.05, 3.63) is 24.3 Å². The number of likely N-dealkylation sites (tertiary alicyclic amines) is 1. The maximum Gasteiger partial charge on any atom is 0.224 e. The average molecular weight is 332 g/mol. The third-order valence-corrected chi connectivity index (χ3v) is 4.52. The fourth-order valence-corrected chi connectivity index (χ4v) is 3.03. The van der Waals surface area contributed by atoms with Crippen LogP contribution in [-0.2, 0) is 9.59 Å². The van der Waals surface area contributed by atoms with Crippen LogP contribution in [0.2, 0.25) is 0 Å². The lowest BCUT2D eigenvalue weighted by Gasteiger charge is -2.31. The summed E-state index contributed by atoms with van der Waals surface area (Å²) in [7, 11) is 0. The zero-order valence-electron chi connectivity index (χ0n) is 15.0. The number of rotatable bonds is 6. The van der Waals surface area contributed by atoms with Crippen LogP contribution in [0.4, 0.5) is 5.69 Å². The Hall–Kier alpha value is -2.04. The SMILES string of the molecule is CCOc1ccccc1N(CCC(=O)N1CCC(C)CC1)C(C)=O. The molecule has 5 nitrogen and oxygen atoms in total. The second kappa shape index (κ2) is 8.71. The van der Waals surface area contributed by atoms with Crippen molar-refractivity contribution in [3.63, 3.8) is 0 Å². The van der Waals surface area contributed by atoms with Gasteiger partial charge in [-0.25, -0.2) is 0 Å². The molecular formula is C19H28N2O3. The van der Waals surface area contributed by atoms with E-state index in [9.17, 15) is 9.59 Å². The Labute approximate surface area is 144 Å². The third kappa shape index (κ3) is 4.73. The van der Waals surface area contributed by atoms with Gasteiger partial charge in [0.25, 0.3) is 0 Å². The Kier molecular flexibility index (Phi) is 6.64. The molecule has 1 fully saturated rings. The molecule has 1 aliphatic heterocycles. The van der Waals surface area contributed by atoms with Crippen LogP contribution in [0.3, 0.4) is 0 Å². The molecule has 5 heteroatoms. The molecule has 2 amide bonds. The molecule has 24 heavy (non-hydrogen) atoms. The molecule has 0 bridgehead atoms. The van der Waals surface area contributed by atoms with E-state index in [1.165, 1.54) is 6.92 Å².